The van der Waals surface area contributed by atoms with Crippen molar-refractivity contribution in [2.45, 2.75) is 26.3 Å². The Hall–Kier alpha value is -1.02. The fourth-order valence-electron chi connectivity index (χ4n) is 1.34. The highest BCUT2D eigenvalue weighted by molar-refractivity contribution is 5.43. The van der Waals surface area contributed by atoms with Crippen LogP contribution < -0.4 is 10.6 Å². The molecule has 0 fully saturated rings. The van der Waals surface area contributed by atoms with Gasteiger partial charge in [-0.25, -0.2) is 0 Å². The molecule has 2 nitrogen and oxygen atoms in total. The second kappa shape index (κ2) is 5.66. The van der Waals surface area contributed by atoms with Gasteiger partial charge in [-0.3, -0.25) is 0 Å². The SMILES string of the molecule is CNc1ccc(CCNC(C)C)cc1. The van der Waals surface area contributed by atoms with E-state index in [0.717, 1.165) is 13.0 Å². The summed E-state index contributed by atoms with van der Waals surface area (Å²) in [6.45, 7) is 5.39. The monoisotopic (exact) mass is 192 g/mol. The summed E-state index contributed by atoms with van der Waals surface area (Å²) in [6, 6.07) is 9.16. The van der Waals surface area contributed by atoms with Gasteiger partial charge in [0.2, 0.25) is 0 Å². The summed E-state index contributed by atoms with van der Waals surface area (Å²) in [5.74, 6) is 0. The Kier molecular flexibility index (Phi) is 4.47. The van der Waals surface area contributed by atoms with Crippen molar-refractivity contribution in [3.63, 3.8) is 0 Å². The molecule has 1 aromatic rings. The van der Waals surface area contributed by atoms with Crippen molar-refractivity contribution in [2.75, 3.05) is 18.9 Å². The number of anilines is 1. The zero-order valence-electron chi connectivity index (χ0n) is 9.30. The van der Waals surface area contributed by atoms with Crippen molar-refractivity contribution < 1.29 is 0 Å². The van der Waals surface area contributed by atoms with E-state index < -0.39 is 0 Å². The van der Waals surface area contributed by atoms with Gasteiger partial charge in [-0.2, -0.15) is 0 Å². The van der Waals surface area contributed by atoms with Crippen LogP contribution >= 0.6 is 0 Å². The molecule has 0 aliphatic carbocycles. The van der Waals surface area contributed by atoms with Gasteiger partial charge in [-0.15, -0.1) is 0 Å². The highest BCUT2D eigenvalue weighted by Gasteiger charge is 1.95. The molecule has 0 saturated heterocycles. The molecular formula is C12H20N2. The second-order valence-corrected chi connectivity index (χ2v) is 3.81. The van der Waals surface area contributed by atoms with Crippen LogP contribution in [0.3, 0.4) is 0 Å². The molecule has 2 N–H and O–H groups in total. The van der Waals surface area contributed by atoms with Crippen molar-refractivity contribution in [1.29, 1.82) is 0 Å². The van der Waals surface area contributed by atoms with E-state index in [9.17, 15) is 0 Å². The molecule has 0 atom stereocenters. The molecule has 78 valence electrons. The maximum atomic E-state index is 3.41. The van der Waals surface area contributed by atoms with E-state index in [1.807, 2.05) is 7.05 Å². The minimum Gasteiger partial charge on any atom is -0.388 e. The van der Waals surface area contributed by atoms with Crippen LogP contribution in [0.1, 0.15) is 19.4 Å². The van der Waals surface area contributed by atoms with E-state index in [-0.39, 0.29) is 0 Å². The lowest BCUT2D eigenvalue weighted by Gasteiger charge is -2.08. The third-order valence-electron chi connectivity index (χ3n) is 2.21. The van der Waals surface area contributed by atoms with Crippen LogP contribution in [-0.2, 0) is 6.42 Å². The maximum Gasteiger partial charge on any atom is 0.0337 e. The van der Waals surface area contributed by atoms with E-state index in [1.54, 1.807) is 0 Å². The summed E-state index contributed by atoms with van der Waals surface area (Å²) in [4.78, 5) is 0. The summed E-state index contributed by atoms with van der Waals surface area (Å²) >= 11 is 0. The van der Waals surface area contributed by atoms with Crippen LogP contribution in [0.5, 0.6) is 0 Å². The van der Waals surface area contributed by atoms with Crippen LogP contribution in [0.15, 0.2) is 24.3 Å². The Bertz CT molecular complexity index is 252. The third-order valence-corrected chi connectivity index (χ3v) is 2.21. The second-order valence-electron chi connectivity index (χ2n) is 3.81. The molecule has 0 bridgehead atoms. The molecule has 0 spiro atoms. The zero-order valence-corrected chi connectivity index (χ0v) is 9.30. The Labute approximate surface area is 86.7 Å². The number of rotatable bonds is 5. The number of benzene rings is 1. The summed E-state index contributed by atoms with van der Waals surface area (Å²) < 4.78 is 0. The van der Waals surface area contributed by atoms with Crippen LogP contribution in [0, 0.1) is 0 Å². The number of hydrogen-bond acceptors (Lipinski definition) is 2. The first-order chi connectivity index (χ1) is 6.72. The van der Waals surface area contributed by atoms with E-state index in [1.165, 1.54) is 11.3 Å². The molecule has 14 heavy (non-hydrogen) atoms. The van der Waals surface area contributed by atoms with Gasteiger partial charge in [-0.05, 0) is 30.7 Å². The Morgan fingerprint density at radius 3 is 2.29 bits per heavy atom. The fraction of sp³-hybridized carbons (Fsp3) is 0.500. The van der Waals surface area contributed by atoms with E-state index in [4.69, 9.17) is 0 Å². The lowest BCUT2D eigenvalue weighted by atomic mass is 10.1. The number of nitrogens with one attached hydrogen (secondary N) is 2. The lowest BCUT2D eigenvalue weighted by molar-refractivity contribution is 0.590. The van der Waals surface area contributed by atoms with Crippen LogP contribution in [0.25, 0.3) is 0 Å². The molecule has 0 aliphatic heterocycles. The lowest BCUT2D eigenvalue weighted by Crippen LogP contribution is -2.24. The first-order valence-electron chi connectivity index (χ1n) is 5.22. The average Bonchev–Trinajstić information content (AvgIpc) is 2.18. The van der Waals surface area contributed by atoms with Crippen molar-refractivity contribution in [2.24, 2.45) is 0 Å². The van der Waals surface area contributed by atoms with Gasteiger partial charge in [0, 0.05) is 18.8 Å². The summed E-state index contributed by atoms with van der Waals surface area (Å²) in [5, 5.41) is 6.52. The molecule has 1 rings (SSSR count). The number of hydrogen-bond donors (Lipinski definition) is 2. The van der Waals surface area contributed by atoms with E-state index in [2.05, 4.69) is 48.7 Å². The minimum absolute atomic E-state index is 0.576. The summed E-state index contributed by atoms with van der Waals surface area (Å²) in [6.07, 6.45) is 1.10. The molecule has 0 saturated carbocycles. The van der Waals surface area contributed by atoms with Gasteiger partial charge in [-0.1, -0.05) is 26.0 Å². The normalized spacial score (nSPS) is 10.6. The van der Waals surface area contributed by atoms with Crippen LogP contribution in [-0.4, -0.2) is 19.6 Å². The zero-order chi connectivity index (χ0) is 10.4. The molecule has 0 radical (unpaired) electrons. The smallest absolute Gasteiger partial charge is 0.0337 e. The third kappa shape index (κ3) is 3.79. The van der Waals surface area contributed by atoms with Gasteiger partial charge < -0.3 is 10.6 Å². The molecule has 0 amide bonds. The summed E-state index contributed by atoms with van der Waals surface area (Å²) in [7, 11) is 1.94. The average molecular weight is 192 g/mol. The predicted octanol–water partition coefficient (Wildman–Crippen LogP) is 2.27. The molecule has 1 aromatic carbocycles. The summed E-state index contributed by atoms with van der Waals surface area (Å²) in [5.41, 5.74) is 2.56. The van der Waals surface area contributed by atoms with E-state index >= 15 is 0 Å². The Morgan fingerprint density at radius 2 is 1.79 bits per heavy atom. The van der Waals surface area contributed by atoms with Crippen LogP contribution in [0.4, 0.5) is 5.69 Å². The topological polar surface area (TPSA) is 24.1 Å². The molecule has 0 heterocycles. The molecular weight excluding hydrogens is 172 g/mol. The van der Waals surface area contributed by atoms with Crippen molar-refractivity contribution >= 4 is 5.69 Å². The van der Waals surface area contributed by atoms with Gasteiger partial charge in [0.15, 0.2) is 0 Å². The Balaban J connectivity index is 2.36. The van der Waals surface area contributed by atoms with Crippen molar-refractivity contribution in [3.05, 3.63) is 29.8 Å². The first-order valence-corrected chi connectivity index (χ1v) is 5.22. The molecule has 0 aromatic heterocycles. The molecule has 0 aliphatic rings. The Morgan fingerprint density at radius 1 is 1.14 bits per heavy atom. The van der Waals surface area contributed by atoms with E-state index in [0.29, 0.717) is 6.04 Å². The predicted molar refractivity (Wildman–Crippen MR) is 62.8 cm³/mol. The minimum atomic E-state index is 0.576. The molecule has 2 heteroatoms. The first kappa shape index (κ1) is 11.1. The highest BCUT2D eigenvalue weighted by Crippen LogP contribution is 2.08. The van der Waals surface area contributed by atoms with Crippen molar-refractivity contribution in [3.8, 4) is 0 Å². The van der Waals surface area contributed by atoms with Gasteiger partial charge in [0.1, 0.15) is 0 Å². The van der Waals surface area contributed by atoms with Gasteiger partial charge >= 0.3 is 0 Å². The van der Waals surface area contributed by atoms with Crippen molar-refractivity contribution in [1.82, 2.24) is 5.32 Å². The molecule has 0 unspecified atom stereocenters. The van der Waals surface area contributed by atoms with Gasteiger partial charge in [0.25, 0.3) is 0 Å². The fourth-order valence-corrected chi connectivity index (χ4v) is 1.34. The highest BCUT2D eigenvalue weighted by atomic mass is 14.9. The standard InChI is InChI=1S/C12H20N2/c1-10(2)14-9-8-11-4-6-12(13-3)7-5-11/h4-7,10,13-14H,8-9H2,1-3H3. The quantitative estimate of drug-likeness (QED) is 0.748. The maximum absolute atomic E-state index is 3.41. The van der Waals surface area contributed by atoms with Gasteiger partial charge in [0.05, 0.1) is 0 Å². The van der Waals surface area contributed by atoms with Crippen LogP contribution in [0.2, 0.25) is 0 Å². The largest absolute Gasteiger partial charge is 0.388 e.